The fourth-order valence-corrected chi connectivity index (χ4v) is 1.89. The Balaban J connectivity index is 4.07. The Hall–Kier alpha value is -1.63. The van der Waals surface area contributed by atoms with E-state index in [2.05, 4.69) is 30.8 Å². The first-order valence-corrected chi connectivity index (χ1v) is 7.61. The Morgan fingerprint density at radius 2 is 1.64 bits per heavy atom. The third-order valence-electron chi connectivity index (χ3n) is 2.92. The number of hydrogen-bond acceptors (Lipinski definition) is 6. The van der Waals surface area contributed by atoms with Crippen LogP contribution in [0.25, 0.3) is 0 Å². The molecule has 0 fully saturated rings. The molecule has 0 aliphatic heterocycles. The highest BCUT2D eigenvalue weighted by molar-refractivity contribution is 5.75. The first-order valence-electron chi connectivity index (χ1n) is 7.61. The Bertz CT molecular complexity index is 370. The second-order valence-electron chi connectivity index (χ2n) is 6.09. The van der Waals surface area contributed by atoms with Crippen molar-refractivity contribution in [2.24, 2.45) is 33.7 Å². The van der Waals surface area contributed by atoms with Crippen LogP contribution >= 0.6 is 0 Å². The summed E-state index contributed by atoms with van der Waals surface area (Å²) in [7, 11) is 0. The largest absolute Gasteiger partial charge is 0.493 e. The van der Waals surface area contributed by atoms with Crippen LogP contribution in [0, 0.1) is 11.8 Å². The predicted octanol–water partition coefficient (Wildman–Crippen LogP) is 2.17. The van der Waals surface area contributed by atoms with Crippen molar-refractivity contribution in [3.05, 3.63) is 12.3 Å². The summed E-state index contributed by atoms with van der Waals surface area (Å²) in [6.07, 6.45) is 1.33. The average Bonchev–Trinajstić information content (AvgIpc) is 2.41. The van der Waals surface area contributed by atoms with Crippen molar-refractivity contribution in [2.75, 3.05) is 13.2 Å². The summed E-state index contributed by atoms with van der Waals surface area (Å²) in [6, 6.07) is -0.883. The second-order valence-corrected chi connectivity index (χ2v) is 6.09. The van der Waals surface area contributed by atoms with E-state index in [1.54, 1.807) is 0 Å². The average molecular weight is 314 g/mol. The summed E-state index contributed by atoms with van der Waals surface area (Å²) in [5.74, 6) is 5.89. The van der Waals surface area contributed by atoms with Gasteiger partial charge in [-0.3, -0.25) is 4.79 Å². The smallest absolute Gasteiger partial charge is 0.323 e. The van der Waals surface area contributed by atoms with E-state index in [1.165, 1.54) is 0 Å². The highest BCUT2D eigenvalue weighted by Crippen LogP contribution is 2.16. The minimum atomic E-state index is -0.595. The van der Waals surface area contributed by atoms with Gasteiger partial charge in [0.15, 0.2) is 0 Å². The Labute approximate surface area is 133 Å². The standard InChI is InChI=1S/C15H30N4O3/c1-10(2)8-13(16)15(20)22-7-6-21-12(5)14(18-19-17)9-11(3)4/h10-11,13-14H,5-9,16H2,1-4H3,(H2,17,18). The predicted molar refractivity (Wildman–Crippen MR) is 85.8 cm³/mol. The molecule has 7 heteroatoms. The van der Waals surface area contributed by atoms with E-state index in [9.17, 15) is 4.79 Å². The van der Waals surface area contributed by atoms with Crippen LogP contribution in [-0.2, 0) is 14.3 Å². The van der Waals surface area contributed by atoms with Gasteiger partial charge >= 0.3 is 5.97 Å². The molecule has 0 rings (SSSR count). The summed E-state index contributed by atoms with van der Waals surface area (Å²) >= 11 is 0. The van der Waals surface area contributed by atoms with Crippen LogP contribution in [0.5, 0.6) is 0 Å². The van der Waals surface area contributed by atoms with Crippen LogP contribution < -0.4 is 11.6 Å². The van der Waals surface area contributed by atoms with Gasteiger partial charge in [-0.05, 0) is 24.7 Å². The molecule has 0 spiro atoms. The van der Waals surface area contributed by atoms with Crippen molar-refractivity contribution in [3.63, 3.8) is 0 Å². The maximum Gasteiger partial charge on any atom is 0.323 e. The first-order chi connectivity index (χ1) is 10.3. The number of carbonyl (C=O) groups excluding carboxylic acids is 1. The normalized spacial score (nSPS) is 14.3. The molecule has 0 bridgehead atoms. The molecule has 128 valence electrons. The summed E-state index contributed by atoms with van der Waals surface area (Å²) in [6.45, 7) is 12.3. The zero-order chi connectivity index (χ0) is 17.1. The molecule has 0 aliphatic carbocycles. The Morgan fingerprint density at radius 1 is 1.09 bits per heavy atom. The molecule has 2 unspecified atom stereocenters. The van der Waals surface area contributed by atoms with E-state index in [1.807, 2.05) is 13.8 Å². The van der Waals surface area contributed by atoms with Gasteiger partial charge in [0.1, 0.15) is 31.1 Å². The molecule has 2 atom stereocenters. The molecule has 0 aromatic carbocycles. The maximum absolute atomic E-state index is 11.6. The molecular formula is C15H30N4O3. The number of hydrogen-bond donors (Lipinski definition) is 2. The summed E-state index contributed by atoms with van der Waals surface area (Å²) < 4.78 is 10.5. The van der Waals surface area contributed by atoms with Gasteiger partial charge in [0.25, 0.3) is 0 Å². The van der Waals surface area contributed by atoms with Crippen molar-refractivity contribution in [1.29, 1.82) is 0 Å². The third kappa shape index (κ3) is 9.33. The molecule has 0 aromatic heterocycles. The summed E-state index contributed by atoms with van der Waals surface area (Å²) in [5, 5.41) is 7.19. The van der Waals surface area contributed by atoms with Gasteiger partial charge < -0.3 is 21.1 Å². The topological polar surface area (TPSA) is 112 Å². The molecular weight excluding hydrogens is 284 g/mol. The molecule has 0 saturated heterocycles. The van der Waals surface area contributed by atoms with Crippen LogP contribution in [0.3, 0.4) is 0 Å². The number of carbonyl (C=O) groups is 1. The van der Waals surface area contributed by atoms with Crippen LogP contribution in [0.2, 0.25) is 0 Å². The van der Waals surface area contributed by atoms with E-state index in [0.29, 0.717) is 24.0 Å². The minimum absolute atomic E-state index is 0.123. The zero-order valence-electron chi connectivity index (χ0n) is 14.1. The van der Waals surface area contributed by atoms with Crippen molar-refractivity contribution >= 4 is 5.97 Å². The fourth-order valence-electron chi connectivity index (χ4n) is 1.89. The molecule has 0 radical (unpaired) electrons. The van der Waals surface area contributed by atoms with Crippen molar-refractivity contribution in [3.8, 4) is 0 Å². The lowest BCUT2D eigenvalue weighted by Gasteiger charge is -2.17. The monoisotopic (exact) mass is 314 g/mol. The van der Waals surface area contributed by atoms with Gasteiger partial charge in [0, 0.05) is 0 Å². The lowest BCUT2D eigenvalue weighted by atomic mass is 10.0. The summed E-state index contributed by atoms with van der Waals surface area (Å²) in [5.41, 5.74) is 5.73. The Kier molecular flexibility index (Phi) is 10.2. The zero-order valence-corrected chi connectivity index (χ0v) is 14.1. The van der Waals surface area contributed by atoms with Crippen LogP contribution in [-0.4, -0.2) is 31.3 Å². The van der Waals surface area contributed by atoms with Crippen molar-refractivity contribution < 1.29 is 14.3 Å². The van der Waals surface area contributed by atoms with Gasteiger partial charge in [0.2, 0.25) is 0 Å². The number of nitrogens with two attached hydrogens (primary N) is 2. The number of nitrogens with zero attached hydrogens (tertiary/aromatic N) is 2. The lowest BCUT2D eigenvalue weighted by molar-refractivity contribution is -0.146. The molecule has 7 nitrogen and oxygen atoms in total. The molecule has 0 aliphatic rings. The Morgan fingerprint density at radius 3 is 2.14 bits per heavy atom. The second kappa shape index (κ2) is 11.0. The maximum atomic E-state index is 11.6. The SMILES string of the molecule is C=C(OCCOC(=O)C(N)CC(C)C)C(CC(C)C)N=NN. The van der Waals surface area contributed by atoms with Gasteiger partial charge in [-0.25, -0.2) is 0 Å². The van der Waals surface area contributed by atoms with E-state index < -0.39 is 12.0 Å². The van der Waals surface area contributed by atoms with Gasteiger partial charge in [0.05, 0.1) is 0 Å². The number of ether oxygens (including phenoxy) is 2. The van der Waals surface area contributed by atoms with Gasteiger partial charge in [-0.15, -0.1) is 0 Å². The lowest BCUT2D eigenvalue weighted by Crippen LogP contribution is -2.34. The van der Waals surface area contributed by atoms with Crippen LogP contribution in [0.15, 0.2) is 22.7 Å². The van der Waals surface area contributed by atoms with Gasteiger partial charge in [-0.1, -0.05) is 39.5 Å². The van der Waals surface area contributed by atoms with Gasteiger partial charge in [-0.2, -0.15) is 5.11 Å². The summed E-state index contributed by atoms with van der Waals surface area (Å²) in [4.78, 5) is 11.6. The first kappa shape index (κ1) is 20.4. The van der Waals surface area contributed by atoms with Crippen LogP contribution in [0.1, 0.15) is 40.5 Å². The van der Waals surface area contributed by atoms with E-state index in [-0.39, 0.29) is 19.3 Å². The highest BCUT2D eigenvalue weighted by atomic mass is 16.6. The van der Waals surface area contributed by atoms with E-state index >= 15 is 0 Å². The third-order valence-corrected chi connectivity index (χ3v) is 2.92. The van der Waals surface area contributed by atoms with Crippen molar-refractivity contribution in [2.45, 2.75) is 52.6 Å². The molecule has 0 heterocycles. The minimum Gasteiger partial charge on any atom is -0.493 e. The van der Waals surface area contributed by atoms with Crippen LogP contribution in [0.4, 0.5) is 0 Å². The highest BCUT2D eigenvalue weighted by Gasteiger charge is 2.17. The van der Waals surface area contributed by atoms with E-state index in [4.69, 9.17) is 21.1 Å². The number of esters is 1. The molecule has 22 heavy (non-hydrogen) atoms. The quantitative estimate of drug-likeness (QED) is 0.151. The molecule has 0 aromatic rings. The van der Waals surface area contributed by atoms with Crippen molar-refractivity contribution in [1.82, 2.24) is 0 Å². The molecule has 4 N–H and O–H groups in total. The molecule has 0 amide bonds. The van der Waals surface area contributed by atoms with E-state index in [0.717, 1.165) is 6.42 Å². The number of rotatable bonds is 11. The molecule has 0 saturated carbocycles. The fraction of sp³-hybridized carbons (Fsp3) is 0.800.